The lowest BCUT2D eigenvalue weighted by Gasteiger charge is -2.32. The van der Waals surface area contributed by atoms with Crippen LogP contribution in [-0.2, 0) is 11.3 Å². The molecule has 2 aromatic rings. The first-order chi connectivity index (χ1) is 14.1. The third kappa shape index (κ3) is 5.49. The fourth-order valence-corrected chi connectivity index (χ4v) is 3.65. The van der Waals surface area contributed by atoms with Gasteiger partial charge in [-0.3, -0.25) is 14.7 Å². The first-order valence-corrected chi connectivity index (χ1v) is 9.87. The zero-order valence-corrected chi connectivity index (χ0v) is 16.9. The Kier molecular flexibility index (Phi) is 7.10. The number of nitrogens with zero attached hydrogens (tertiary/aromatic N) is 2. The lowest BCUT2D eigenvalue weighted by molar-refractivity contribution is -0.121. The third-order valence-corrected chi connectivity index (χ3v) is 5.29. The number of likely N-dealkylation sites (tertiary alicyclic amines) is 1. The number of aromatic nitrogens is 2. The molecule has 8 nitrogen and oxygen atoms in total. The second-order valence-corrected chi connectivity index (χ2v) is 7.22. The molecule has 1 atom stereocenters. The molecule has 2 N–H and O–H groups in total. The highest BCUT2D eigenvalue weighted by atomic mass is 16.5. The van der Waals surface area contributed by atoms with Crippen molar-refractivity contribution < 1.29 is 19.1 Å². The quantitative estimate of drug-likeness (QED) is 0.709. The predicted octanol–water partition coefficient (Wildman–Crippen LogP) is 2.38. The molecule has 1 saturated heterocycles. The van der Waals surface area contributed by atoms with E-state index in [2.05, 4.69) is 15.5 Å². The Labute approximate surface area is 170 Å². The molecule has 0 aliphatic carbocycles. The van der Waals surface area contributed by atoms with Crippen LogP contribution in [-0.4, -0.2) is 54.2 Å². The minimum Gasteiger partial charge on any atom is -0.497 e. The SMILES string of the molecule is COc1ccc(CNC(=O)CCC2CCCN(C(=O)c3ccn[nH]3)C2)c(OC)c1. The van der Waals surface area contributed by atoms with Crippen LogP contribution in [0.1, 0.15) is 41.7 Å². The average Bonchev–Trinajstić information content (AvgIpc) is 3.30. The molecule has 3 rings (SSSR count). The summed E-state index contributed by atoms with van der Waals surface area (Å²) in [6.07, 6.45) is 4.77. The van der Waals surface area contributed by atoms with Crippen LogP contribution in [0, 0.1) is 5.92 Å². The van der Waals surface area contributed by atoms with Crippen molar-refractivity contribution in [2.24, 2.45) is 5.92 Å². The molecular weight excluding hydrogens is 372 g/mol. The zero-order chi connectivity index (χ0) is 20.6. The summed E-state index contributed by atoms with van der Waals surface area (Å²) in [5.74, 6) is 1.70. The number of aromatic amines is 1. The van der Waals surface area contributed by atoms with E-state index in [-0.39, 0.29) is 11.8 Å². The van der Waals surface area contributed by atoms with Crippen LogP contribution < -0.4 is 14.8 Å². The van der Waals surface area contributed by atoms with E-state index in [1.807, 2.05) is 17.0 Å². The van der Waals surface area contributed by atoms with E-state index in [4.69, 9.17) is 9.47 Å². The normalized spacial score (nSPS) is 16.3. The summed E-state index contributed by atoms with van der Waals surface area (Å²) < 4.78 is 10.6. The number of carbonyl (C=O) groups excluding carboxylic acids is 2. The molecular formula is C21H28N4O4. The first kappa shape index (κ1) is 20.7. The van der Waals surface area contributed by atoms with Gasteiger partial charge in [0.25, 0.3) is 5.91 Å². The number of benzene rings is 1. The summed E-state index contributed by atoms with van der Waals surface area (Å²) in [7, 11) is 3.20. The second-order valence-electron chi connectivity index (χ2n) is 7.22. The van der Waals surface area contributed by atoms with Crippen molar-refractivity contribution in [2.45, 2.75) is 32.2 Å². The van der Waals surface area contributed by atoms with E-state index in [0.717, 1.165) is 31.4 Å². The van der Waals surface area contributed by atoms with Crippen molar-refractivity contribution in [1.29, 1.82) is 0 Å². The Balaban J connectivity index is 1.45. The molecule has 1 aromatic heterocycles. The molecule has 0 bridgehead atoms. The van der Waals surface area contributed by atoms with Gasteiger partial charge >= 0.3 is 0 Å². The van der Waals surface area contributed by atoms with Crippen molar-refractivity contribution in [3.63, 3.8) is 0 Å². The van der Waals surface area contributed by atoms with Gasteiger partial charge in [0.1, 0.15) is 17.2 Å². The van der Waals surface area contributed by atoms with E-state index in [9.17, 15) is 9.59 Å². The number of carbonyl (C=O) groups is 2. The number of piperidine rings is 1. The van der Waals surface area contributed by atoms with Crippen LogP contribution in [0.2, 0.25) is 0 Å². The van der Waals surface area contributed by atoms with Crippen molar-refractivity contribution in [3.8, 4) is 11.5 Å². The number of nitrogens with one attached hydrogen (secondary N) is 2. The van der Waals surface area contributed by atoms with Crippen LogP contribution in [0.3, 0.4) is 0 Å². The van der Waals surface area contributed by atoms with Gasteiger partial charge in [-0.1, -0.05) is 0 Å². The average molecular weight is 400 g/mol. The maximum atomic E-state index is 12.5. The molecule has 2 heterocycles. The molecule has 0 radical (unpaired) electrons. The highest BCUT2D eigenvalue weighted by Crippen LogP contribution is 2.25. The summed E-state index contributed by atoms with van der Waals surface area (Å²) in [5.41, 5.74) is 1.41. The maximum absolute atomic E-state index is 12.5. The largest absolute Gasteiger partial charge is 0.497 e. The van der Waals surface area contributed by atoms with Crippen molar-refractivity contribution in [3.05, 3.63) is 41.7 Å². The van der Waals surface area contributed by atoms with Crippen LogP contribution in [0.25, 0.3) is 0 Å². The zero-order valence-electron chi connectivity index (χ0n) is 16.9. The summed E-state index contributed by atoms with van der Waals surface area (Å²) in [4.78, 5) is 26.6. The van der Waals surface area contributed by atoms with Gasteiger partial charge in [0, 0.05) is 43.9 Å². The molecule has 1 aromatic carbocycles. The lowest BCUT2D eigenvalue weighted by atomic mass is 9.93. The molecule has 0 spiro atoms. The Hall–Kier alpha value is -3.03. The molecule has 1 unspecified atom stereocenters. The Bertz CT molecular complexity index is 822. The first-order valence-electron chi connectivity index (χ1n) is 9.87. The van der Waals surface area contributed by atoms with Gasteiger partial charge in [-0.25, -0.2) is 0 Å². The Morgan fingerprint density at radius 3 is 2.86 bits per heavy atom. The topological polar surface area (TPSA) is 96.5 Å². The van der Waals surface area contributed by atoms with Crippen LogP contribution in [0.15, 0.2) is 30.5 Å². The Morgan fingerprint density at radius 1 is 1.28 bits per heavy atom. The second kappa shape index (κ2) is 9.95. The number of amides is 2. The number of hydrogen-bond acceptors (Lipinski definition) is 5. The fourth-order valence-electron chi connectivity index (χ4n) is 3.65. The lowest BCUT2D eigenvalue weighted by Crippen LogP contribution is -2.40. The standard InChI is InChI=1S/C21H28N4O4/c1-28-17-7-6-16(19(12-17)29-2)13-22-20(26)8-5-15-4-3-11-25(14-15)21(27)18-9-10-23-24-18/h6-7,9-10,12,15H,3-5,8,11,13-14H2,1-2H3,(H,22,26)(H,23,24). The van der Waals surface area contributed by atoms with Crippen LogP contribution in [0.5, 0.6) is 11.5 Å². The van der Waals surface area contributed by atoms with Crippen molar-refractivity contribution in [2.75, 3.05) is 27.3 Å². The molecule has 1 fully saturated rings. The summed E-state index contributed by atoms with van der Waals surface area (Å²) in [5, 5.41) is 9.52. The highest BCUT2D eigenvalue weighted by Gasteiger charge is 2.25. The molecule has 1 aliphatic rings. The third-order valence-electron chi connectivity index (χ3n) is 5.29. The van der Waals surface area contributed by atoms with Gasteiger partial charge in [0.05, 0.1) is 14.2 Å². The number of rotatable bonds is 8. The smallest absolute Gasteiger partial charge is 0.271 e. The van der Waals surface area contributed by atoms with Gasteiger partial charge in [-0.2, -0.15) is 5.10 Å². The van der Waals surface area contributed by atoms with Gasteiger partial charge in [0.15, 0.2) is 0 Å². The van der Waals surface area contributed by atoms with Gasteiger partial charge in [-0.05, 0) is 43.4 Å². The molecule has 156 valence electrons. The molecule has 29 heavy (non-hydrogen) atoms. The Morgan fingerprint density at radius 2 is 2.14 bits per heavy atom. The number of ether oxygens (including phenoxy) is 2. The monoisotopic (exact) mass is 400 g/mol. The molecule has 8 heteroatoms. The van der Waals surface area contributed by atoms with E-state index in [0.29, 0.717) is 42.6 Å². The van der Waals surface area contributed by atoms with E-state index in [1.54, 1.807) is 32.5 Å². The summed E-state index contributed by atoms with van der Waals surface area (Å²) in [6, 6.07) is 7.22. The molecule has 0 saturated carbocycles. The molecule has 1 aliphatic heterocycles. The van der Waals surface area contributed by atoms with E-state index >= 15 is 0 Å². The van der Waals surface area contributed by atoms with Crippen LogP contribution >= 0.6 is 0 Å². The highest BCUT2D eigenvalue weighted by molar-refractivity contribution is 5.92. The summed E-state index contributed by atoms with van der Waals surface area (Å²) in [6.45, 7) is 1.83. The van der Waals surface area contributed by atoms with Crippen molar-refractivity contribution >= 4 is 11.8 Å². The van der Waals surface area contributed by atoms with E-state index < -0.39 is 0 Å². The molecule has 2 amide bonds. The summed E-state index contributed by atoms with van der Waals surface area (Å²) >= 11 is 0. The number of H-pyrrole nitrogens is 1. The fraction of sp³-hybridized carbons (Fsp3) is 0.476. The van der Waals surface area contributed by atoms with Gasteiger partial charge < -0.3 is 19.7 Å². The minimum absolute atomic E-state index is 0.000103. The minimum atomic E-state index is -0.0248. The van der Waals surface area contributed by atoms with Gasteiger partial charge in [-0.15, -0.1) is 0 Å². The number of hydrogen-bond donors (Lipinski definition) is 2. The van der Waals surface area contributed by atoms with E-state index in [1.165, 1.54) is 0 Å². The van der Waals surface area contributed by atoms with Gasteiger partial charge in [0.2, 0.25) is 5.91 Å². The van der Waals surface area contributed by atoms with Crippen molar-refractivity contribution in [1.82, 2.24) is 20.4 Å². The number of methoxy groups -OCH3 is 2. The predicted molar refractivity (Wildman–Crippen MR) is 108 cm³/mol. The van der Waals surface area contributed by atoms with Crippen LogP contribution in [0.4, 0.5) is 0 Å². The maximum Gasteiger partial charge on any atom is 0.271 e.